The van der Waals surface area contributed by atoms with Gasteiger partial charge >= 0.3 is 0 Å². The van der Waals surface area contributed by atoms with E-state index in [0.717, 1.165) is 24.1 Å². The first kappa shape index (κ1) is 11.8. The van der Waals surface area contributed by atoms with Gasteiger partial charge in [0.25, 0.3) is 0 Å². The number of nitrogens with zero attached hydrogens (tertiary/aromatic N) is 1. The molecule has 0 aromatic carbocycles. The van der Waals surface area contributed by atoms with E-state index in [1.54, 1.807) is 0 Å². The van der Waals surface area contributed by atoms with Gasteiger partial charge in [0.2, 0.25) is 5.88 Å². The molecule has 0 amide bonds. The van der Waals surface area contributed by atoms with Gasteiger partial charge in [-0.25, -0.2) is 4.98 Å². The molecule has 0 saturated carbocycles. The van der Waals surface area contributed by atoms with Crippen molar-refractivity contribution in [2.75, 3.05) is 13.1 Å². The topological polar surface area (TPSA) is 34.1 Å². The third kappa shape index (κ3) is 3.12. The molecule has 3 nitrogen and oxygen atoms in total. The van der Waals surface area contributed by atoms with Crippen molar-refractivity contribution in [2.45, 2.75) is 12.5 Å². The lowest BCUT2D eigenvalue weighted by molar-refractivity contribution is 0.213. The smallest absolute Gasteiger partial charge is 0.214 e. The summed E-state index contributed by atoms with van der Waals surface area (Å²) in [5, 5.41) is 3.24. The Morgan fingerprint density at radius 3 is 3.00 bits per heavy atom. The molecule has 0 bridgehead atoms. The molecule has 2 rings (SSSR count). The molecule has 0 aliphatic carbocycles. The first-order valence-electron chi connectivity index (χ1n) is 4.34. The van der Waals surface area contributed by atoms with Crippen LogP contribution in [0.1, 0.15) is 6.42 Å². The van der Waals surface area contributed by atoms with Gasteiger partial charge in [-0.3, -0.25) is 0 Å². The van der Waals surface area contributed by atoms with Crippen molar-refractivity contribution in [2.24, 2.45) is 0 Å². The average Bonchev–Trinajstić information content (AvgIpc) is 2.57. The lowest BCUT2D eigenvalue weighted by Crippen LogP contribution is -2.19. The highest BCUT2D eigenvalue weighted by molar-refractivity contribution is 9.10. The van der Waals surface area contributed by atoms with Crippen molar-refractivity contribution < 1.29 is 4.74 Å². The van der Waals surface area contributed by atoms with E-state index >= 15 is 0 Å². The maximum Gasteiger partial charge on any atom is 0.214 e. The zero-order chi connectivity index (χ0) is 9.10. The molecule has 0 unspecified atom stereocenters. The summed E-state index contributed by atoms with van der Waals surface area (Å²) in [7, 11) is 0. The fraction of sp³-hybridized carbons (Fsp3) is 0.444. The largest absolute Gasteiger partial charge is 0.473 e. The molecule has 1 N–H and O–H groups in total. The van der Waals surface area contributed by atoms with Crippen LogP contribution >= 0.6 is 28.3 Å². The Bertz CT molecular complexity index is 292. The van der Waals surface area contributed by atoms with E-state index in [-0.39, 0.29) is 18.5 Å². The fourth-order valence-electron chi connectivity index (χ4n) is 1.35. The van der Waals surface area contributed by atoms with E-state index in [0.29, 0.717) is 5.88 Å². The third-order valence-electron chi connectivity index (χ3n) is 1.99. The molecule has 1 aliphatic heterocycles. The summed E-state index contributed by atoms with van der Waals surface area (Å²) in [6, 6.07) is 5.69. The van der Waals surface area contributed by atoms with Gasteiger partial charge in [0.1, 0.15) is 10.7 Å². The minimum Gasteiger partial charge on any atom is -0.473 e. The average molecular weight is 280 g/mol. The quantitative estimate of drug-likeness (QED) is 0.841. The van der Waals surface area contributed by atoms with E-state index in [4.69, 9.17) is 4.74 Å². The Morgan fingerprint density at radius 1 is 1.50 bits per heavy atom. The second-order valence-electron chi connectivity index (χ2n) is 3.03. The molecule has 0 radical (unpaired) electrons. The number of rotatable bonds is 2. The lowest BCUT2D eigenvalue weighted by Gasteiger charge is -2.10. The molecule has 5 heteroatoms. The summed E-state index contributed by atoms with van der Waals surface area (Å²) < 4.78 is 6.47. The number of hydrogen-bond acceptors (Lipinski definition) is 3. The Labute approximate surface area is 97.8 Å². The Hall–Kier alpha value is -0.320. The Balaban J connectivity index is 0.000000980. The van der Waals surface area contributed by atoms with Crippen LogP contribution in [-0.4, -0.2) is 24.2 Å². The first-order valence-corrected chi connectivity index (χ1v) is 5.14. The van der Waals surface area contributed by atoms with Crippen molar-refractivity contribution in [1.29, 1.82) is 0 Å². The molecular formula is C9H12BrClN2O. The van der Waals surface area contributed by atoms with Crippen LogP contribution in [0.4, 0.5) is 0 Å². The van der Waals surface area contributed by atoms with Gasteiger partial charge in [0, 0.05) is 12.6 Å². The normalized spacial score (nSPS) is 20.2. The van der Waals surface area contributed by atoms with Crippen LogP contribution in [0.2, 0.25) is 0 Å². The third-order valence-corrected chi connectivity index (χ3v) is 2.43. The molecule has 2 heterocycles. The summed E-state index contributed by atoms with van der Waals surface area (Å²) in [5.41, 5.74) is 0. The maximum atomic E-state index is 5.65. The van der Waals surface area contributed by atoms with Crippen LogP contribution in [0.15, 0.2) is 22.8 Å². The van der Waals surface area contributed by atoms with E-state index in [9.17, 15) is 0 Å². The number of halogens is 2. The van der Waals surface area contributed by atoms with Crippen molar-refractivity contribution >= 4 is 28.3 Å². The summed E-state index contributed by atoms with van der Waals surface area (Å²) in [4.78, 5) is 4.20. The molecule has 1 aromatic heterocycles. The zero-order valence-corrected chi connectivity index (χ0v) is 9.97. The standard InChI is InChI=1S/C9H11BrN2O.ClH/c10-8-2-1-3-9(12-8)13-7-4-5-11-6-7;/h1-3,7,11H,4-6H2;1H/t7-;/m1./s1. The van der Waals surface area contributed by atoms with Gasteiger partial charge in [-0.1, -0.05) is 6.07 Å². The number of ether oxygens (including phenoxy) is 1. The van der Waals surface area contributed by atoms with Crippen molar-refractivity contribution in [1.82, 2.24) is 10.3 Å². The van der Waals surface area contributed by atoms with Gasteiger partial charge in [0.05, 0.1) is 0 Å². The summed E-state index contributed by atoms with van der Waals surface area (Å²) in [5.74, 6) is 0.697. The maximum absolute atomic E-state index is 5.65. The van der Waals surface area contributed by atoms with Crippen LogP contribution in [0, 0.1) is 0 Å². The molecule has 0 spiro atoms. The summed E-state index contributed by atoms with van der Waals surface area (Å²) >= 11 is 3.30. The molecule has 78 valence electrons. The van der Waals surface area contributed by atoms with Crippen molar-refractivity contribution in [3.63, 3.8) is 0 Å². The molecule has 1 saturated heterocycles. The van der Waals surface area contributed by atoms with E-state index < -0.39 is 0 Å². The predicted octanol–water partition coefficient (Wildman–Crippen LogP) is 2.01. The highest BCUT2D eigenvalue weighted by Crippen LogP contribution is 2.15. The molecule has 1 fully saturated rings. The Kier molecular flexibility index (Phi) is 4.65. The van der Waals surface area contributed by atoms with Gasteiger partial charge in [-0.15, -0.1) is 12.4 Å². The van der Waals surface area contributed by atoms with Gasteiger partial charge in [-0.05, 0) is 35.0 Å². The molecule has 1 atom stereocenters. The number of hydrogen-bond donors (Lipinski definition) is 1. The predicted molar refractivity (Wildman–Crippen MR) is 61.1 cm³/mol. The second kappa shape index (κ2) is 5.53. The van der Waals surface area contributed by atoms with Gasteiger partial charge < -0.3 is 10.1 Å². The molecule has 1 aliphatic rings. The van der Waals surface area contributed by atoms with Crippen LogP contribution in [-0.2, 0) is 0 Å². The van der Waals surface area contributed by atoms with Crippen LogP contribution in [0.5, 0.6) is 5.88 Å². The number of aromatic nitrogens is 1. The van der Waals surface area contributed by atoms with E-state index in [1.807, 2.05) is 18.2 Å². The van der Waals surface area contributed by atoms with Crippen LogP contribution in [0.3, 0.4) is 0 Å². The van der Waals surface area contributed by atoms with Crippen LogP contribution in [0.25, 0.3) is 0 Å². The fourth-order valence-corrected chi connectivity index (χ4v) is 1.68. The second-order valence-corrected chi connectivity index (χ2v) is 3.84. The molecular weight excluding hydrogens is 267 g/mol. The highest BCUT2D eigenvalue weighted by atomic mass is 79.9. The minimum atomic E-state index is 0. The molecule has 14 heavy (non-hydrogen) atoms. The van der Waals surface area contributed by atoms with Crippen molar-refractivity contribution in [3.05, 3.63) is 22.8 Å². The van der Waals surface area contributed by atoms with E-state index in [1.165, 1.54) is 0 Å². The lowest BCUT2D eigenvalue weighted by atomic mass is 10.3. The van der Waals surface area contributed by atoms with E-state index in [2.05, 4.69) is 26.2 Å². The monoisotopic (exact) mass is 278 g/mol. The summed E-state index contributed by atoms with van der Waals surface area (Å²) in [6.07, 6.45) is 1.34. The van der Waals surface area contributed by atoms with Crippen LogP contribution < -0.4 is 10.1 Å². The minimum absolute atomic E-state index is 0. The van der Waals surface area contributed by atoms with Gasteiger partial charge in [-0.2, -0.15) is 0 Å². The first-order chi connectivity index (χ1) is 6.34. The number of nitrogens with one attached hydrogen (secondary N) is 1. The van der Waals surface area contributed by atoms with Crippen molar-refractivity contribution in [3.8, 4) is 5.88 Å². The highest BCUT2D eigenvalue weighted by Gasteiger charge is 2.16. The summed E-state index contributed by atoms with van der Waals surface area (Å²) in [6.45, 7) is 1.97. The SMILES string of the molecule is Brc1cccc(O[C@@H]2CCNC2)n1.Cl. The Morgan fingerprint density at radius 2 is 2.36 bits per heavy atom. The van der Waals surface area contributed by atoms with Gasteiger partial charge in [0.15, 0.2) is 0 Å². The molecule has 1 aromatic rings. The number of pyridine rings is 1. The zero-order valence-electron chi connectivity index (χ0n) is 7.57.